The number of thiazole rings is 1. The monoisotopic (exact) mass is 277 g/mol. The Morgan fingerprint density at radius 1 is 1.37 bits per heavy atom. The zero-order valence-corrected chi connectivity index (χ0v) is 12.4. The van der Waals surface area contributed by atoms with E-state index < -0.39 is 11.4 Å². The topological polar surface area (TPSA) is 50.2 Å². The molecule has 102 valence electrons. The number of aliphatic carboxylic acids is 1. The summed E-state index contributed by atoms with van der Waals surface area (Å²) in [7, 11) is 0. The number of carboxylic acids is 1. The number of hydrogen-bond acceptors (Lipinski definition) is 3. The van der Waals surface area contributed by atoms with Gasteiger partial charge < -0.3 is 5.11 Å². The van der Waals surface area contributed by atoms with Crippen LogP contribution in [0.2, 0.25) is 0 Å². The Labute approximate surface area is 117 Å². The van der Waals surface area contributed by atoms with Crippen LogP contribution in [0.25, 0.3) is 10.2 Å². The molecule has 0 aliphatic heterocycles. The van der Waals surface area contributed by atoms with Gasteiger partial charge in [-0.05, 0) is 31.4 Å². The summed E-state index contributed by atoms with van der Waals surface area (Å²) in [5, 5.41) is 10.4. The number of para-hydroxylation sites is 1. The van der Waals surface area contributed by atoms with E-state index in [4.69, 9.17) is 0 Å². The molecule has 3 nitrogen and oxygen atoms in total. The first-order valence-electron chi connectivity index (χ1n) is 6.61. The number of nitrogens with zero attached hydrogens (tertiary/aromatic N) is 1. The van der Waals surface area contributed by atoms with Crippen LogP contribution in [0.4, 0.5) is 0 Å². The highest BCUT2D eigenvalue weighted by Gasteiger charge is 2.36. The minimum atomic E-state index is -0.714. The van der Waals surface area contributed by atoms with Gasteiger partial charge in [0.2, 0.25) is 0 Å². The molecule has 2 rings (SSSR count). The van der Waals surface area contributed by atoms with Crippen molar-refractivity contribution < 1.29 is 9.90 Å². The van der Waals surface area contributed by atoms with Crippen molar-refractivity contribution in [3.05, 3.63) is 28.8 Å². The van der Waals surface area contributed by atoms with Crippen molar-refractivity contribution in [2.75, 3.05) is 0 Å². The average molecular weight is 277 g/mol. The quantitative estimate of drug-likeness (QED) is 0.897. The number of carboxylic acid groups (broad SMARTS) is 1. The highest BCUT2D eigenvalue weighted by atomic mass is 32.1. The molecule has 0 aliphatic carbocycles. The van der Waals surface area contributed by atoms with Crippen LogP contribution >= 0.6 is 11.3 Å². The molecule has 19 heavy (non-hydrogen) atoms. The smallest absolute Gasteiger partial charge is 0.310 e. The number of aryl methyl sites for hydroxylation is 1. The number of benzene rings is 1. The highest BCUT2D eigenvalue weighted by molar-refractivity contribution is 7.18. The van der Waals surface area contributed by atoms with Crippen LogP contribution in [0.1, 0.15) is 37.3 Å². The van der Waals surface area contributed by atoms with Crippen LogP contribution in [0.5, 0.6) is 0 Å². The molecule has 0 spiro atoms. The Balaban J connectivity index is 2.40. The molecular formula is C15H19NO2S. The maximum atomic E-state index is 11.5. The van der Waals surface area contributed by atoms with Gasteiger partial charge in [-0.3, -0.25) is 4.79 Å². The number of carbonyl (C=O) groups is 1. The molecule has 0 saturated carbocycles. The minimum Gasteiger partial charge on any atom is -0.481 e. The first-order chi connectivity index (χ1) is 9.02. The molecule has 1 N–H and O–H groups in total. The number of rotatable bonds is 5. The fourth-order valence-corrected chi connectivity index (χ4v) is 3.56. The molecule has 0 aliphatic rings. The summed E-state index contributed by atoms with van der Waals surface area (Å²) in [6.07, 6.45) is 1.79. The molecule has 1 aromatic heterocycles. The predicted octanol–water partition coefficient (Wildman–Crippen LogP) is 4.04. The second-order valence-electron chi connectivity index (χ2n) is 5.00. The fraction of sp³-hybridized carbons (Fsp3) is 0.467. The van der Waals surface area contributed by atoms with Gasteiger partial charge in [0, 0.05) is 6.42 Å². The average Bonchev–Trinajstić information content (AvgIpc) is 2.79. The summed E-state index contributed by atoms with van der Waals surface area (Å²) < 4.78 is 1.14. The number of aromatic nitrogens is 1. The summed E-state index contributed by atoms with van der Waals surface area (Å²) in [6.45, 7) is 5.92. The third-order valence-corrected chi connectivity index (χ3v) is 4.98. The summed E-state index contributed by atoms with van der Waals surface area (Å²) in [5.74, 6) is -0.714. The van der Waals surface area contributed by atoms with E-state index in [9.17, 15) is 9.90 Å². The molecule has 0 bridgehead atoms. The van der Waals surface area contributed by atoms with E-state index in [1.807, 2.05) is 39.0 Å². The Hall–Kier alpha value is -1.42. The zero-order chi connectivity index (χ0) is 14.0. The van der Waals surface area contributed by atoms with Crippen LogP contribution in [-0.2, 0) is 11.2 Å². The van der Waals surface area contributed by atoms with Crippen LogP contribution in [-0.4, -0.2) is 16.1 Å². The summed E-state index contributed by atoms with van der Waals surface area (Å²) in [6, 6.07) is 6.10. The fourth-order valence-electron chi connectivity index (χ4n) is 2.38. The molecule has 4 heteroatoms. The van der Waals surface area contributed by atoms with E-state index in [1.54, 1.807) is 11.3 Å². The zero-order valence-electron chi connectivity index (χ0n) is 11.6. The van der Waals surface area contributed by atoms with E-state index in [2.05, 4.69) is 4.98 Å². The van der Waals surface area contributed by atoms with Crippen LogP contribution in [0.15, 0.2) is 18.2 Å². The summed E-state index contributed by atoms with van der Waals surface area (Å²) >= 11 is 1.61. The molecule has 0 saturated heterocycles. The largest absolute Gasteiger partial charge is 0.481 e. The second-order valence-corrected chi connectivity index (χ2v) is 6.11. The van der Waals surface area contributed by atoms with Gasteiger partial charge in [-0.2, -0.15) is 0 Å². The van der Waals surface area contributed by atoms with Crippen LogP contribution < -0.4 is 0 Å². The Morgan fingerprint density at radius 2 is 2.05 bits per heavy atom. The Kier molecular flexibility index (Phi) is 3.90. The van der Waals surface area contributed by atoms with Crippen LogP contribution in [0, 0.1) is 12.3 Å². The highest BCUT2D eigenvalue weighted by Crippen LogP contribution is 2.34. The van der Waals surface area contributed by atoms with Gasteiger partial charge in [0.05, 0.1) is 20.6 Å². The van der Waals surface area contributed by atoms with E-state index >= 15 is 0 Å². The third kappa shape index (κ3) is 2.50. The van der Waals surface area contributed by atoms with Crippen molar-refractivity contribution in [3.8, 4) is 0 Å². The van der Waals surface area contributed by atoms with E-state index in [-0.39, 0.29) is 0 Å². The lowest BCUT2D eigenvalue weighted by molar-refractivity contribution is -0.149. The lowest BCUT2D eigenvalue weighted by atomic mass is 9.79. The molecule has 0 amide bonds. The van der Waals surface area contributed by atoms with Crippen molar-refractivity contribution >= 4 is 27.5 Å². The molecule has 0 atom stereocenters. The van der Waals surface area contributed by atoms with Gasteiger partial charge in [-0.1, -0.05) is 26.0 Å². The summed E-state index contributed by atoms with van der Waals surface area (Å²) in [4.78, 5) is 16.2. The number of hydrogen-bond donors (Lipinski definition) is 1. The molecule has 0 radical (unpaired) electrons. The third-order valence-electron chi connectivity index (χ3n) is 3.96. The van der Waals surface area contributed by atoms with Crippen LogP contribution in [0.3, 0.4) is 0 Å². The molecule has 2 aromatic rings. The van der Waals surface area contributed by atoms with Crippen molar-refractivity contribution in [2.45, 2.75) is 40.0 Å². The van der Waals surface area contributed by atoms with Gasteiger partial charge >= 0.3 is 5.97 Å². The molecule has 0 fully saturated rings. The second kappa shape index (κ2) is 5.29. The minimum absolute atomic E-state index is 0.522. The summed E-state index contributed by atoms with van der Waals surface area (Å²) in [5.41, 5.74) is 1.48. The maximum Gasteiger partial charge on any atom is 0.310 e. The predicted molar refractivity (Wildman–Crippen MR) is 78.7 cm³/mol. The van der Waals surface area contributed by atoms with Crippen molar-refractivity contribution in [2.24, 2.45) is 5.41 Å². The van der Waals surface area contributed by atoms with Gasteiger partial charge in [0.25, 0.3) is 0 Å². The van der Waals surface area contributed by atoms with E-state index in [0.717, 1.165) is 20.8 Å². The van der Waals surface area contributed by atoms with E-state index in [0.29, 0.717) is 19.3 Å². The first-order valence-corrected chi connectivity index (χ1v) is 7.42. The normalized spacial score (nSPS) is 11.9. The molecule has 0 unspecified atom stereocenters. The lowest BCUT2D eigenvalue weighted by Crippen LogP contribution is -2.32. The standard InChI is InChI=1S/C15H19NO2S/c1-4-15(5-2,14(17)18)9-12-16-13-10(3)7-6-8-11(13)19-12/h6-8H,4-5,9H2,1-3H3,(H,17,18). The van der Waals surface area contributed by atoms with Crippen molar-refractivity contribution in [1.82, 2.24) is 4.98 Å². The van der Waals surface area contributed by atoms with Gasteiger partial charge in [-0.15, -0.1) is 11.3 Å². The Morgan fingerprint density at radius 3 is 2.58 bits per heavy atom. The Bertz CT molecular complexity index is 599. The van der Waals surface area contributed by atoms with Crippen molar-refractivity contribution in [3.63, 3.8) is 0 Å². The first kappa shape index (κ1) is 14.0. The van der Waals surface area contributed by atoms with Gasteiger partial charge in [0.1, 0.15) is 0 Å². The molecule has 1 heterocycles. The van der Waals surface area contributed by atoms with Crippen molar-refractivity contribution in [1.29, 1.82) is 0 Å². The lowest BCUT2D eigenvalue weighted by Gasteiger charge is -2.25. The van der Waals surface area contributed by atoms with Gasteiger partial charge in [0.15, 0.2) is 0 Å². The van der Waals surface area contributed by atoms with E-state index in [1.165, 1.54) is 0 Å². The number of fused-ring (bicyclic) bond motifs is 1. The molecular weight excluding hydrogens is 258 g/mol. The SMILES string of the molecule is CCC(CC)(Cc1nc2c(C)cccc2s1)C(=O)O. The van der Waals surface area contributed by atoms with Gasteiger partial charge in [-0.25, -0.2) is 4.98 Å². The maximum absolute atomic E-state index is 11.5. The molecule has 1 aromatic carbocycles.